The van der Waals surface area contributed by atoms with Crippen LogP contribution in [-0.2, 0) is 15.0 Å². The minimum Gasteiger partial charge on any atom is -0.321 e. The van der Waals surface area contributed by atoms with Gasteiger partial charge in [0.25, 0.3) is 10.2 Å². The van der Waals surface area contributed by atoms with Crippen molar-refractivity contribution in [1.82, 2.24) is 8.61 Å². The van der Waals surface area contributed by atoms with Gasteiger partial charge in [-0.1, -0.05) is 6.07 Å². The molecular formula is C14H19F2N3O3S. The van der Waals surface area contributed by atoms with Crippen LogP contribution in [0.25, 0.3) is 0 Å². The number of carbonyl (C=O) groups excluding carboxylic acids is 1. The second-order valence-corrected chi connectivity index (χ2v) is 7.72. The number of amides is 1. The highest BCUT2D eigenvalue weighted by Gasteiger charge is 2.33. The molecule has 0 saturated carbocycles. The average Bonchev–Trinajstić information content (AvgIpc) is 2.51. The summed E-state index contributed by atoms with van der Waals surface area (Å²) in [7, 11) is -0.796. The van der Waals surface area contributed by atoms with Gasteiger partial charge in [-0.05, 0) is 25.0 Å². The maximum absolute atomic E-state index is 13.6. The zero-order valence-electron chi connectivity index (χ0n) is 12.9. The van der Waals surface area contributed by atoms with Gasteiger partial charge in [0.05, 0.1) is 5.92 Å². The molecule has 0 bridgehead atoms. The van der Waals surface area contributed by atoms with Gasteiger partial charge in [0.15, 0.2) is 0 Å². The Kier molecular flexibility index (Phi) is 5.33. The third-order valence-corrected chi connectivity index (χ3v) is 5.66. The minimum absolute atomic E-state index is 0.0115. The molecular weight excluding hydrogens is 328 g/mol. The van der Waals surface area contributed by atoms with E-state index in [9.17, 15) is 22.0 Å². The van der Waals surface area contributed by atoms with E-state index >= 15 is 0 Å². The summed E-state index contributed by atoms with van der Waals surface area (Å²) in [5.41, 5.74) is -0.509. The molecule has 1 aliphatic rings. The summed E-state index contributed by atoms with van der Waals surface area (Å²) in [6.07, 6.45) is 0.965. The normalized spacial score (nSPS) is 19.8. The molecule has 0 spiro atoms. The summed E-state index contributed by atoms with van der Waals surface area (Å²) in [6, 6.07) is 3.29. The molecule has 1 aliphatic heterocycles. The van der Waals surface area contributed by atoms with E-state index in [1.54, 1.807) is 0 Å². The van der Waals surface area contributed by atoms with Crippen molar-refractivity contribution in [2.75, 3.05) is 32.5 Å². The fourth-order valence-corrected chi connectivity index (χ4v) is 3.63. The topological polar surface area (TPSA) is 69.7 Å². The van der Waals surface area contributed by atoms with Gasteiger partial charge >= 0.3 is 0 Å². The number of carbonyl (C=O) groups is 1. The summed E-state index contributed by atoms with van der Waals surface area (Å²) < 4.78 is 53.7. The first-order valence-electron chi connectivity index (χ1n) is 7.16. The quantitative estimate of drug-likeness (QED) is 0.896. The summed E-state index contributed by atoms with van der Waals surface area (Å²) in [4.78, 5) is 12.2. The van der Waals surface area contributed by atoms with Crippen molar-refractivity contribution in [2.45, 2.75) is 12.8 Å². The van der Waals surface area contributed by atoms with Gasteiger partial charge in [-0.2, -0.15) is 17.0 Å². The highest BCUT2D eigenvalue weighted by molar-refractivity contribution is 7.86. The molecule has 0 unspecified atom stereocenters. The van der Waals surface area contributed by atoms with Crippen LogP contribution in [0.3, 0.4) is 0 Å². The number of nitrogens with zero attached hydrogens (tertiary/aromatic N) is 2. The smallest absolute Gasteiger partial charge is 0.281 e. The summed E-state index contributed by atoms with van der Waals surface area (Å²) >= 11 is 0. The number of hydrogen-bond acceptors (Lipinski definition) is 3. The lowest BCUT2D eigenvalue weighted by atomic mass is 9.98. The number of nitrogens with one attached hydrogen (secondary N) is 1. The van der Waals surface area contributed by atoms with E-state index in [0.717, 1.165) is 16.4 Å². The van der Waals surface area contributed by atoms with Gasteiger partial charge in [0, 0.05) is 27.2 Å². The fraction of sp³-hybridized carbons (Fsp3) is 0.500. The van der Waals surface area contributed by atoms with E-state index in [-0.39, 0.29) is 6.54 Å². The van der Waals surface area contributed by atoms with E-state index in [2.05, 4.69) is 5.32 Å². The summed E-state index contributed by atoms with van der Waals surface area (Å²) in [5.74, 6) is -2.98. The Morgan fingerprint density at radius 2 is 1.91 bits per heavy atom. The molecule has 1 aromatic carbocycles. The number of benzene rings is 1. The second kappa shape index (κ2) is 6.90. The van der Waals surface area contributed by atoms with E-state index in [1.807, 2.05) is 0 Å². The van der Waals surface area contributed by atoms with Crippen molar-refractivity contribution in [3.63, 3.8) is 0 Å². The molecule has 0 aliphatic carbocycles. The standard InChI is InChI=1S/C14H19F2N3O3S/c1-18(2)23(21,22)19-8-4-5-10(9-19)14(20)17-13-11(15)6-3-7-12(13)16/h3,6-7,10H,4-5,8-9H2,1-2H3,(H,17,20)/t10-/m1/s1. The van der Waals surface area contributed by atoms with Crippen LogP contribution >= 0.6 is 0 Å². The fourth-order valence-electron chi connectivity index (χ4n) is 2.44. The minimum atomic E-state index is -3.62. The zero-order chi connectivity index (χ0) is 17.2. The Balaban J connectivity index is 2.11. The van der Waals surface area contributed by atoms with Crippen molar-refractivity contribution in [3.8, 4) is 0 Å². The Bertz CT molecular complexity index is 674. The zero-order valence-corrected chi connectivity index (χ0v) is 13.7. The molecule has 9 heteroatoms. The maximum atomic E-state index is 13.6. The van der Waals surface area contributed by atoms with Gasteiger partial charge in [-0.25, -0.2) is 8.78 Å². The first-order chi connectivity index (χ1) is 10.7. The van der Waals surface area contributed by atoms with Gasteiger partial charge in [-0.15, -0.1) is 0 Å². The lowest BCUT2D eigenvalue weighted by molar-refractivity contribution is -0.120. The number of hydrogen-bond donors (Lipinski definition) is 1. The van der Waals surface area contributed by atoms with E-state index in [0.29, 0.717) is 19.4 Å². The maximum Gasteiger partial charge on any atom is 0.281 e. The third-order valence-electron chi connectivity index (χ3n) is 3.75. The van der Waals surface area contributed by atoms with Gasteiger partial charge < -0.3 is 5.32 Å². The first kappa shape index (κ1) is 17.8. The molecule has 1 aromatic rings. The lowest BCUT2D eigenvalue weighted by Gasteiger charge is -2.32. The van der Waals surface area contributed by atoms with Crippen LogP contribution < -0.4 is 5.32 Å². The highest BCUT2D eigenvalue weighted by Crippen LogP contribution is 2.24. The number of rotatable bonds is 4. The van der Waals surface area contributed by atoms with Crippen LogP contribution in [0, 0.1) is 17.6 Å². The molecule has 23 heavy (non-hydrogen) atoms. The second-order valence-electron chi connectivity index (χ2n) is 5.57. The number of piperidine rings is 1. The Hall–Kier alpha value is -1.58. The molecule has 6 nitrogen and oxygen atoms in total. The molecule has 128 valence electrons. The van der Waals surface area contributed by atoms with Crippen LogP contribution in [-0.4, -0.2) is 50.1 Å². The Morgan fingerprint density at radius 1 is 1.30 bits per heavy atom. The van der Waals surface area contributed by atoms with Crippen LogP contribution in [0.4, 0.5) is 14.5 Å². The van der Waals surface area contributed by atoms with Crippen molar-refractivity contribution in [1.29, 1.82) is 0 Å². The van der Waals surface area contributed by atoms with Gasteiger partial charge in [0.1, 0.15) is 17.3 Å². The number of anilines is 1. The van der Waals surface area contributed by atoms with E-state index in [4.69, 9.17) is 0 Å². The monoisotopic (exact) mass is 347 g/mol. The molecule has 1 amide bonds. The predicted molar refractivity (Wildman–Crippen MR) is 81.9 cm³/mol. The number of para-hydroxylation sites is 1. The van der Waals surface area contributed by atoms with Gasteiger partial charge in [-0.3, -0.25) is 4.79 Å². The van der Waals surface area contributed by atoms with Crippen LogP contribution in [0.2, 0.25) is 0 Å². The molecule has 1 heterocycles. The molecule has 1 saturated heterocycles. The highest BCUT2D eigenvalue weighted by atomic mass is 32.2. The molecule has 1 fully saturated rings. The van der Waals surface area contributed by atoms with Gasteiger partial charge in [0.2, 0.25) is 5.91 Å². The third kappa shape index (κ3) is 3.85. The molecule has 1 atom stereocenters. The summed E-state index contributed by atoms with van der Waals surface area (Å²) in [6.45, 7) is 0.306. The van der Waals surface area contributed by atoms with E-state index < -0.39 is 39.4 Å². The van der Waals surface area contributed by atoms with Crippen molar-refractivity contribution < 1.29 is 22.0 Å². The molecule has 0 aromatic heterocycles. The molecule has 1 N–H and O–H groups in total. The molecule has 0 radical (unpaired) electrons. The van der Waals surface area contributed by atoms with Crippen molar-refractivity contribution in [2.24, 2.45) is 5.92 Å². The lowest BCUT2D eigenvalue weighted by Crippen LogP contribution is -2.47. The number of halogens is 2. The SMILES string of the molecule is CN(C)S(=O)(=O)N1CCC[C@@H](C(=O)Nc2c(F)cccc2F)C1. The van der Waals surface area contributed by atoms with Crippen LogP contribution in [0.15, 0.2) is 18.2 Å². The Labute approximate surface area is 134 Å². The van der Waals surface area contributed by atoms with Crippen LogP contribution in [0.1, 0.15) is 12.8 Å². The largest absolute Gasteiger partial charge is 0.321 e. The van der Waals surface area contributed by atoms with Crippen molar-refractivity contribution >= 4 is 21.8 Å². The summed E-state index contributed by atoms with van der Waals surface area (Å²) in [5, 5.41) is 2.23. The molecule has 2 rings (SSSR count). The first-order valence-corrected chi connectivity index (χ1v) is 8.55. The predicted octanol–water partition coefficient (Wildman–Crippen LogP) is 1.42. The van der Waals surface area contributed by atoms with Crippen molar-refractivity contribution in [3.05, 3.63) is 29.8 Å². The van der Waals surface area contributed by atoms with Crippen LogP contribution in [0.5, 0.6) is 0 Å². The Morgan fingerprint density at radius 3 is 2.48 bits per heavy atom. The van der Waals surface area contributed by atoms with E-state index in [1.165, 1.54) is 24.5 Å². The average molecular weight is 347 g/mol.